The second-order valence-corrected chi connectivity index (χ2v) is 6.63. The number of rotatable bonds is 8. The van der Waals surface area contributed by atoms with Gasteiger partial charge in [0.2, 0.25) is 0 Å². The van der Waals surface area contributed by atoms with E-state index >= 15 is 0 Å². The number of aliphatic hydroxyl groups excluding tert-OH is 3. The Morgan fingerprint density at radius 3 is 2.41 bits per heavy atom. The number of nitrogens with two attached hydrogens (primary N) is 3. The predicted molar refractivity (Wildman–Crippen MR) is 118 cm³/mol. The molecule has 178 valence electrons. The van der Waals surface area contributed by atoms with Gasteiger partial charge in [-0.3, -0.25) is 5.84 Å². The van der Waals surface area contributed by atoms with Gasteiger partial charge in [-0.05, 0) is 38.8 Å². The number of carbonyl (C=O) groups is 1. The Morgan fingerprint density at radius 1 is 1.44 bits per heavy atom. The third-order valence-electron chi connectivity index (χ3n) is 3.53. The average Bonchev–Trinajstić information content (AvgIpc) is 2.69. The molecule has 1 rings (SSSR count). The number of hydrogen-bond acceptors (Lipinski definition) is 10. The molecule has 11 heteroatoms. The van der Waals surface area contributed by atoms with E-state index in [-0.39, 0.29) is 54.4 Å². The van der Waals surface area contributed by atoms with E-state index in [1.54, 1.807) is 19.9 Å². The van der Waals surface area contributed by atoms with Crippen LogP contribution in [-0.2, 0) is 9.53 Å². The number of aliphatic hydroxyl groups is 3. The van der Waals surface area contributed by atoms with Crippen LogP contribution in [-0.4, -0.2) is 52.2 Å². The van der Waals surface area contributed by atoms with Crippen molar-refractivity contribution in [2.24, 2.45) is 17.3 Å². The summed E-state index contributed by atoms with van der Waals surface area (Å²) in [5, 5.41) is 36.7. The van der Waals surface area contributed by atoms with Crippen molar-refractivity contribution in [3.05, 3.63) is 60.2 Å². The second kappa shape index (κ2) is 21.2. The first-order chi connectivity index (χ1) is 14.5. The fourth-order valence-corrected chi connectivity index (χ4v) is 2.11. The molecular weight excluding hydrogens is 427 g/mol. The molecule has 0 aromatic heterocycles. The molecule has 0 saturated carbocycles. The summed E-state index contributed by atoms with van der Waals surface area (Å²) < 4.78 is 4.99. The summed E-state index contributed by atoms with van der Waals surface area (Å²) in [6, 6.07) is -0.477. The molecule has 32 heavy (non-hydrogen) atoms. The summed E-state index contributed by atoms with van der Waals surface area (Å²) in [6.45, 7) is 8.79. The molecule has 10 N–H and O–H groups in total. The molecule has 0 saturated heterocycles. The summed E-state index contributed by atoms with van der Waals surface area (Å²) in [5.74, 6) is 3.33. The zero-order valence-corrected chi connectivity index (χ0v) is 21.4. The molecule has 1 aliphatic rings. The fourth-order valence-electron chi connectivity index (χ4n) is 2.11. The third-order valence-corrected chi connectivity index (χ3v) is 3.53. The Labute approximate surface area is 212 Å². The van der Waals surface area contributed by atoms with Crippen molar-refractivity contribution in [1.82, 2.24) is 5.43 Å². The van der Waals surface area contributed by atoms with E-state index in [1.165, 1.54) is 12.3 Å². The zero-order chi connectivity index (χ0) is 24.4. The number of hydrogen-bond donors (Lipinski definition) is 7. The quantitative estimate of drug-likeness (QED) is 0.0799. The van der Waals surface area contributed by atoms with Gasteiger partial charge in [-0.25, -0.2) is 0 Å². The molecule has 0 aromatic rings. The maximum Gasteiger partial charge on any atom is 1.00 e. The van der Waals surface area contributed by atoms with E-state index in [1.807, 2.05) is 25.2 Å². The van der Waals surface area contributed by atoms with Gasteiger partial charge in [0.1, 0.15) is 17.8 Å². The number of allylic oxidation sites excluding steroid dienone is 4. The van der Waals surface area contributed by atoms with Crippen molar-refractivity contribution >= 4 is 5.97 Å². The van der Waals surface area contributed by atoms with Gasteiger partial charge in [0.15, 0.2) is 0 Å². The Morgan fingerprint density at radius 2 is 2.00 bits per heavy atom. The molecule has 0 fully saturated rings. The van der Waals surface area contributed by atoms with E-state index in [0.717, 1.165) is 5.57 Å². The first-order valence-corrected chi connectivity index (χ1v) is 9.73. The van der Waals surface area contributed by atoms with Crippen LogP contribution < -0.4 is 57.4 Å². The van der Waals surface area contributed by atoms with Gasteiger partial charge in [-0.2, -0.15) is 0 Å². The molecule has 1 aliphatic heterocycles. The summed E-state index contributed by atoms with van der Waals surface area (Å²) in [5.41, 5.74) is 15.0. The molecule has 3 atom stereocenters. The van der Waals surface area contributed by atoms with Crippen molar-refractivity contribution in [1.29, 1.82) is 0 Å². The van der Waals surface area contributed by atoms with Gasteiger partial charge in [0.25, 0.3) is 0 Å². The van der Waals surface area contributed by atoms with Crippen molar-refractivity contribution in [3.8, 4) is 0 Å². The van der Waals surface area contributed by atoms with E-state index < -0.39 is 24.2 Å². The fraction of sp³-hybridized carbons (Fsp3) is 0.476. The summed E-state index contributed by atoms with van der Waals surface area (Å²) in [7, 11) is 0. The van der Waals surface area contributed by atoms with Crippen LogP contribution in [0.4, 0.5) is 0 Å². The first-order valence-electron chi connectivity index (χ1n) is 9.73. The van der Waals surface area contributed by atoms with Crippen molar-refractivity contribution in [2.75, 3.05) is 6.61 Å². The number of carboxylic acid groups (broad SMARTS) is 1. The van der Waals surface area contributed by atoms with E-state index in [9.17, 15) is 15.0 Å². The molecule has 10 nitrogen and oxygen atoms in total. The number of carbonyl (C=O) groups excluding carboxylic acids is 1. The molecule has 0 amide bonds. The maximum absolute atomic E-state index is 10.5. The van der Waals surface area contributed by atoms with Crippen LogP contribution in [0.5, 0.6) is 0 Å². The Bertz CT molecular complexity index is 647. The van der Waals surface area contributed by atoms with Gasteiger partial charge in [-0.1, -0.05) is 30.9 Å². The number of aliphatic carboxylic acids is 1. The molecule has 0 radical (unpaired) electrons. The molecule has 0 bridgehead atoms. The van der Waals surface area contributed by atoms with Crippen LogP contribution in [0.15, 0.2) is 60.2 Å². The number of hydrazine groups is 1. The summed E-state index contributed by atoms with van der Waals surface area (Å²) in [6.07, 6.45) is 8.59. The van der Waals surface area contributed by atoms with Gasteiger partial charge in [-0.15, -0.1) is 0 Å². The normalized spacial score (nSPS) is 19.2. The minimum absolute atomic E-state index is 0. The Balaban J connectivity index is -0.000000446. The van der Waals surface area contributed by atoms with Crippen LogP contribution in [0.3, 0.4) is 0 Å². The Kier molecular flexibility index (Phi) is 23.2. The van der Waals surface area contributed by atoms with Crippen molar-refractivity contribution < 1.29 is 59.5 Å². The van der Waals surface area contributed by atoms with Crippen LogP contribution in [0, 0.1) is 0 Å². The van der Waals surface area contributed by atoms with Gasteiger partial charge >= 0.3 is 29.6 Å². The van der Waals surface area contributed by atoms with Crippen LogP contribution in [0.1, 0.15) is 33.6 Å². The molecule has 1 heterocycles. The molecule has 0 aromatic carbocycles. The number of ether oxygens (including phenoxy) is 1. The van der Waals surface area contributed by atoms with E-state index in [4.69, 9.17) is 32.3 Å². The standard InChI is InChI=1S/C9H15N3.C9H15NO5.C3H8O.Na/c1-3-5-6-8(4-2)9(10)7-12-11;10-5-1-2-7(9(13)14)15-8(5)6(12)3-4-11;1-3(2)4;/h3-7,12H,2,10-11H2,1H3;2,5-6,8,11-12H,1,3-4,10H2,(H,13,14);3-4H,1-2H3;/q;;;+1/p-1/b5-3-,8-6+,9-7-;;;. The maximum atomic E-state index is 10.5. The van der Waals surface area contributed by atoms with E-state index in [0.29, 0.717) is 12.1 Å². The number of carboxylic acids is 1. The molecular formula is C21H37N4NaO6. The monoisotopic (exact) mass is 464 g/mol. The largest absolute Gasteiger partial charge is 1.00 e. The van der Waals surface area contributed by atoms with Gasteiger partial charge < -0.3 is 46.9 Å². The summed E-state index contributed by atoms with van der Waals surface area (Å²) >= 11 is 0. The first kappa shape index (κ1) is 35.0. The molecule has 0 aliphatic carbocycles. The SMILES string of the molecule is C=CC(=C\C=C/C)/C(N)=C/NN.CC(C)O.NC1CC=C(C(=O)[O-])OC1C(O)CCO.[Na+]. The topological polar surface area (TPSA) is 200 Å². The zero-order valence-electron chi connectivity index (χ0n) is 19.4. The van der Waals surface area contributed by atoms with Crippen LogP contribution >= 0.6 is 0 Å². The smallest absolute Gasteiger partial charge is 0.542 e. The van der Waals surface area contributed by atoms with Crippen molar-refractivity contribution in [2.45, 2.75) is 58.0 Å². The predicted octanol–water partition coefficient (Wildman–Crippen LogP) is -4.19. The van der Waals surface area contributed by atoms with E-state index in [2.05, 4.69) is 12.0 Å². The summed E-state index contributed by atoms with van der Waals surface area (Å²) in [4.78, 5) is 10.5. The van der Waals surface area contributed by atoms with Gasteiger partial charge in [0.05, 0.1) is 11.8 Å². The second-order valence-electron chi connectivity index (χ2n) is 6.63. The minimum atomic E-state index is -1.43. The third kappa shape index (κ3) is 17.0. The van der Waals surface area contributed by atoms with Crippen LogP contribution in [0.25, 0.3) is 0 Å². The molecule has 3 unspecified atom stereocenters. The van der Waals surface area contributed by atoms with Crippen molar-refractivity contribution in [3.63, 3.8) is 0 Å². The van der Waals surface area contributed by atoms with Crippen LogP contribution in [0.2, 0.25) is 0 Å². The molecule has 0 spiro atoms. The minimum Gasteiger partial charge on any atom is -0.542 e. The Hall–Kier alpha value is -1.63. The van der Waals surface area contributed by atoms with Gasteiger partial charge in [0, 0.05) is 31.4 Å². The average molecular weight is 465 g/mol. The number of nitrogens with one attached hydrogen (secondary N) is 1.